The topological polar surface area (TPSA) is 154 Å². The van der Waals surface area contributed by atoms with E-state index in [1.807, 2.05) is 0 Å². The van der Waals surface area contributed by atoms with Crippen LogP contribution in [-0.4, -0.2) is 20.4 Å². The minimum Gasteiger partial charge on any atom is -0.412 e. The fraction of sp³-hybridized carbons (Fsp3) is 0.200. The van der Waals surface area contributed by atoms with Crippen molar-refractivity contribution in [3.05, 3.63) is 31.5 Å². The average Bonchev–Trinajstić information content (AvgIpc) is 1.84. The van der Waals surface area contributed by atoms with Gasteiger partial charge in [-0.3, -0.25) is 15.0 Å². The lowest BCUT2D eigenvalue weighted by molar-refractivity contribution is 0.824. The number of hydrogen-bond donors (Lipinski definition) is 3. The normalized spacial score (nSPS) is 7.08. The van der Waals surface area contributed by atoms with Crippen molar-refractivity contribution in [1.29, 1.82) is 5.26 Å². The summed E-state index contributed by atoms with van der Waals surface area (Å²) in [6.45, 7) is 1.43. The Kier molecular flexibility index (Phi) is 6.79. The second kappa shape index (κ2) is 6.56. The molecule has 0 aliphatic carbocycles. The summed E-state index contributed by atoms with van der Waals surface area (Å²) in [5, 5.41) is 7.32. The average molecular weight is 188 g/mol. The molecule has 8 heteroatoms. The van der Waals surface area contributed by atoms with Crippen molar-refractivity contribution in [2.45, 2.75) is 6.92 Å². The molecule has 0 spiro atoms. The lowest BCUT2D eigenvalue weighted by Crippen LogP contribution is -2.34. The summed E-state index contributed by atoms with van der Waals surface area (Å²) >= 11 is 0. The van der Waals surface area contributed by atoms with Crippen LogP contribution in [0.1, 0.15) is 6.92 Å². The molecular formula is C5H8N4O4. The first-order valence-corrected chi connectivity index (χ1v) is 2.84. The van der Waals surface area contributed by atoms with E-state index in [4.69, 9.17) is 5.26 Å². The Balaban J connectivity index is 0. The molecule has 1 rings (SSSR count). The van der Waals surface area contributed by atoms with Crippen molar-refractivity contribution < 1.29 is 5.48 Å². The number of hydrogen-bond acceptors (Lipinski definition) is 4. The minimum absolute atomic E-state index is 0. The van der Waals surface area contributed by atoms with Gasteiger partial charge in [0.2, 0.25) is 0 Å². The van der Waals surface area contributed by atoms with Gasteiger partial charge in [0.15, 0.2) is 0 Å². The van der Waals surface area contributed by atoms with Gasteiger partial charge < -0.3 is 5.48 Å². The first kappa shape index (κ1) is 13.4. The Hall–Kier alpha value is -2.14. The van der Waals surface area contributed by atoms with Gasteiger partial charge in [-0.25, -0.2) is 14.4 Å². The fourth-order valence-electron chi connectivity index (χ4n) is 0.403. The van der Waals surface area contributed by atoms with E-state index in [1.165, 1.54) is 6.92 Å². The molecule has 0 fully saturated rings. The Labute approximate surface area is 71.2 Å². The van der Waals surface area contributed by atoms with Crippen LogP contribution in [0.25, 0.3) is 0 Å². The molecule has 8 nitrogen and oxygen atoms in total. The van der Waals surface area contributed by atoms with Crippen LogP contribution in [0.2, 0.25) is 0 Å². The zero-order valence-electron chi connectivity index (χ0n) is 6.67. The number of aromatic amines is 3. The van der Waals surface area contributed by atoms with Gasteiger partial charge in [-0.15, -0.1) is 0 Å². The zero-order chi connectivity index (χ0) is 9.56. The zero-order valence-corrected chi connectivity index (χ0v) is 6.67. The summed E-state index contributed by atoms with van der Waals surface area (Å²) in [6, 6.07) is 1.75. The molecule has 13 heavy (non-hydrogen) atoms. The Bertz CT molecular complexity index is 355. The first-order chi connectivity index (χ1) is 5.60. The molecule has 72 valence electrons. The van der Waals surface area contributed by atoms with Gasteiger partial charge in [-0.2, -0.15) is 5.26 Å². The van der Waals surface area contributed by atoms with Crippen LogP contribution in [0.4, 0.5) is 0 Å². The van der Waals surface area contributed by atoms with Gasteiger partial charge in [0.1, 0.15) is 0 Å². The van der Waals surface area contributed by atoms with Crippen molar-refractivity contribution in [3.8, 4) is 6.07 Å². The molecule has 0 aliphatic rings. The van der Waals surface area contributed by atoms with Crippen molar-refractivity contribution in [2.24, 2.45) is 0 Å². The van der Waals surface area contributed by atoms with E-state index in [2.05, 4.69) is 0 Å². The highest BCUT2D eigenvalue weighted by Gasteiger charge is 1.84. The Morgan fingerprint density at radius 3 is 1.31 bits per heavy atom. The quantitative estimate of drug-likeness (QED) is 0.410. The van der Waals surface area contributed by atoms with Gasteiger partial charge in [0.25, 0.3) is 0 Å². The predicted molar refractivity (Wildman–Crippen MR) is 43.2 cm³/mol. The standard InChI is InChI=1S/C3H3N3O3.C2H3N.H2O/c7-1-4-2(8)6-3(9)5-1;1-2-3;/h(H3,4,5,6,7,8,9);1H3;1H2. The Morgan fingerprint density at radius 2 is 1.15 bits per heavy atom. The third kappa shape index (κ3) is 6.27. The molecule has 0 saturated heterocycles. The van der Waals surface area contributed by atoms with Crippen molar-refractivity contribution >= 4 is 0 Å². The number of rotatable bonds is 0. The van der Waals surface area contributed by atoms with Crippen LogP contribution in [0.5, 0.6) is 0 Å². The molecule has 0 unspecified atom stereocenters. The summed E-state index contributed by atoms with van der Waals surface area (Å²) in [6.07, 6.45) is 0. The van der Waals surface area contributed by atoms with Crippen molar-refractivity contribution in [1.82, 2.24) is 15.0 Å². The molecular weight excluding hydrogens is 180 g/mol. The second-order valence-electron chi connectivity index (χ2n) is 1.59. The molecule has 0 saturated carbocycles. The summed E-state index contributed by atoms with van der Waals surface area (Å²) in [4.78, 5) is 35.9. The van der Waals surface area contributed by atoms with Gasteiger partial charge in [0, 0.05) is 6.92 Å². The van der Waals surface area contributed by atoms with Crippen molar-refractivity contribution in [3.63, 3.8) is 0 Å². The molecule has 1 aromatic rings. The summed E-state index contributed by atoms with van der Waals surface area (Å²) < 4.78 is 0. The maximum atomic E-state index is 10.2. The van der Waals surface area contributed by atoms with Crippen LogP contribution in [0.3, 0.4) is 0 Å². The van der Waals surface area contributed by atoms with Crippen LogP contribution in [0, 0.1) is 11.3 Å². The summed E-state index contributed by atoms with van der Waals surface area (Å²) in [5.74, 6) is 0. The number of nitrogens with zero attached hydrogens (tertiary/aromatic N) is 1. The fourth-order valence-corrected chi connectivity index (χ4v) is 0.403. The maximum Gasteiger partial charge on any atom is 0.330 e. The van der Waals surface area contributed by atoms with Crippen LogP contribution >= 0.6 is 0 Å². The predicted octanol–water partition coefficient (Wildman–Crippen LogP) is -2.54. The van der Waals surface area contributed by atoms with Gasteiger partial charge in [-0.05, 0) is 0 Å². The van der Waals surface area contributed by atoms with E-state index in [1.54, 1.807) is 21.0 Å². The van der Waals surface area contributed by atoms with E-state index in [0.29, 0.717) is 0 Å². The SMILES string of the molecule is CC#N.O.O=c1[nH]c(=O)[nH]c(=O)[nH]1. The lowest BCUT2D eigenvalue weighted by Gasteiger charge is -1.77. The third-order valence-corrected chi connectivity index (χ3v) is 0.681. The van der Waals surface area contributed by atoms with E-state index in [9.17, 15) is 14.4 Å². The summed E-state index contributed by atoms with van der Waals surface area (Å²) in [7, 11) is 0. The van der Waals surface area contributed by atoms with Gasteiger partial charge >= 0.3 is 17.1 Å². The minimum atomic E-state index is -0.802. The van der Waals surface area contributed by atoms with E-state index in [-0.39, 0.29) is 5.48 Å². The molecule has 0 radical (unpaired) electrons. The number of H-pyrrole nitrogens is 3. The molecule has 0 aliphatic heterocycles. The number of aromatic nitrogens is 3. The molecule has 0 bridgehead atoms. The summed E-state index contributed by atoms with van der Waals surface area (Å²) in [5.41, 5.74) is -2.41. The molecule has 1 aromatic heterocycles. The van der Waals surface area contributed by atoms with Crippen LogP contribution < -0.4 is 17.1 Å². The number of nitrogens with one attached hydrogen (secondary N) is 3. The third-order valence-electron chi connectivity index (χ3n) is 0.681. The van der Waals surface area contributed by atoms with Crippen LogP contribution in [-0.2, 0) is 0 Å². The van der Waals surface area contributed by atoms with E-state index >= 15 is 0 Å². The largest absolute Gasteiger partial charge is 0.412 e. The molecule has 0 atom stereocenters. The van der Waals surface area contributed by atoms with Gasteiger partial charge in [-0.1, -0.05) is 0 Å². The lowest BCUT2D eigenvalue weighted by atomic mass is 11.0. The van der Waals surface area contributed by atoms with Gasteiger partial charge in [0.05, 0.1) is 6.07 Å². The molecule has 0 aromatic carbocycles. The van der Waals surface area contributed by atoms with Crippen molar-refractivity contribution in [2.75, 3.05) is 0 Å². The highest BCUT2D eigenvalue weighted by atomic mass is 16.2. The van der Waals surface area contributed by atoms with Crippen LogP contribution in [0.15, 0.2) is 14.4 Å². The highest BCUT2D eigenvalue weighted by Crippen LogP contribution is 1.29. The highest BCUT2D eigenvalue weighted by molar-refractivity contribution is 4.60. The van der Waals surface area contributed by atoms with E-state index in [0.717, 1.165) is 0 Å². The number of nitriles is 1. The molecule has 5 N–H and O–H groups in total. The molecule has 0 amide bonds. The first-order valence-electron chi connectivity index (χ1n) is 2.84. The smallest absolute Gasteiger partial charge is 0.330 e. The second-order valence-corrected chi connectivity index (χ2v) is 1.59. The maximum absolute atomic E-state index is 10.2. The monoisotopic (exact) mass is 188 g/mol. The molecule has 1 heterocycles. The Morgan fingerprint density at radius 1 is 1.00 bits per heavy atom. The van der Waals surface area contributed by atoms with E-state index < -0.39 is 17.1 Å².